The first kappa shape index (κ1) is 20.3. The molecular weight excluding hydrogens is 358 g/mol. The van der Waals surface area contributed by atoms with Gasteiger partial charge in [-0.15, -0.1) is 0 Å². The fourth-order valence-electron chi connectivity index (χ4n) is 3.42. The summed E-state index contributed by atoms with van der Waals surface area (Å²) in [6, 6.07) is 8.45. The SMILES string of the molecule is Cc1nc(COc2ccc(CN3CCCCC3CNC(=O)CCN)cc2)no1. The van der Waals surface area contributed by atoms with Gasteiger partial charge in [0.2, 0.25) is 17.6 Å². The number of carbonyl (C=O) groups excluding carboxylic acids is 1. The van der Waals surface area contributed by atoms with E-state index < -0.39 is 0 Å². The molecule has 2 heterocycles. The van der Waals surface area contributed by atoms with E-state index in [0.29, 0.717) is 37.3 Å². The highest BCUT2D eigenvalue weighted by Crippen LogP contribution is 2.21. The molecule has 1 unspecified atom stereocenters. The average molecular weight is 387 g/mol. The number of nitrogens with two attached hydrogens (primary N) is 1. The van der Waals surface area contributed by atoms with Gasteiger partial charge in [0.05, 0.1) is 0 Å². The van der Waals surface area contributed by atoms with Crippen LogP contribution in [0.1, 0.15) is 43.0 Å². The second-order valence-electron chi connectivity index (χ2n) is 7.13. The van der Waals surface area contributed by atoms with Crippen LogP contribution in [0.3, 0.4) is 0 Å². The number of amides is 1. The van der Waals surface area contributed by atoms with Gasteiger partial charge in [-0.1, -0.05) is 23.7 Å². The molecule has 1 aromatic carbocycles. The Morgan fingerprint density at radius 2 is 2.18 bits per heavy atom. The zero-order valence-electron chi connectivity index (χ0n) is 16.4. The summed E-state index contributed by atoms with van der Waals surface area (Å²) in [5, 5.41) is 6.83. The molecule has 0 spiro atoms. The molecule has 1 atom stereocenters. The van der Waals surface area contributed by atoms with Crippen molar-refractivity contribution in [2.24, 2.45) is 5.73 Å². The number of nitrogens with one attached hydrogen (secondary N) is 1. The van der Waals surface area contributed by atoms with Crippen molar-refractivity contribution in [3.05, 3.63) is 41.5 Å². The highest BCUT2D eigenvalue weighted by molar-refractivity contribution is 5.76. The number of ether oxygens (including phenoxy) is 1. The zero-order chi connectivity index (χ0) is 19.8. The maximum Gasteiger partial charge on any atom is 0.223 e. The van der Waals surface area contributed by atoms with Crippen molar-refractivity contribution in [1.29, 1.82) is 0 Å². The molecular formula is C20H29N5O3. The molecule has 3 rings (SSSR count). The maximum atomic E-state index is 11.7. The van der Waals surface area contributed by atoms with Crippen LogP contribution in [0.15, 0.2) is 28.8 Å². The van der Waals surface area contributed by atoms with E-state index in [-0.39, 0.29) is 12.5 Å². The van der Waals surface area contributed by atoms with E-state index in [4.69, 9.17) is 15.0 Å². The van der Waals surface area contributed by atoms with Gasteiger partial charge in [-0.05, 0) is 37.1 Å². The van der Waals surface area contributed by atoms with E-state index in [1.165, 1.54) is 18.4 Å². The number of hydrogen-bond acceptors (Lipinski definition) is 7. The summed E-state index contributed by atoms with van der Waals surface area (Å²) >= 11 is 0. The van der Waals surface area contributed by atoms with Crippen LogP contribution in [0.5, 0.6) is 5.75 Å². The lowest BCUT2D eigenvalue weighted by Gasteiger charge is -2.36. The Bertz CT molecular complexity index is 747. The minimum Gasteiger partial charge on any atom is -0.485 e. The third-order valence-electron chi connectivity index (χ3n) is 4.90. The van der Waals surface area contributed by atoms with Crippen molar-refractivity contribution in [3.63, 3.8) is 0 Å². The van der Waals surface area contributed by atoms with Crippen LogP contribution in [0.2, 0.25) is 0 Å². The summed E-state index contributed by atoms with van der Waals surface area (Å²) in [6.07, 6.45) is 3.89. The molecule has 0 saturated carbocycles. The third kappa shape index (κ3) is 6.03. The summed E-state index contributed by atoms with van der Waals surface area (Å²) in [5.74, 6) is 1.88. The highest BCUT2D eigenvalue weighted by Gasteiger charge is 2.22. The van der Waals surface area contributed by atoms with Gasteiger partial charge >= 0.3 is 0 Å². The van der Waals surface area contributed by atoms with Gasteiger partial charge in [0, 0.05) is 39.0 Å². The summed E-state index contributed by atoms with van der Waals surface area (Å²) in [4.78, 5) is 18.3. The minimum atomic E-state index is 0.0336. The summed E-state index contributed by atoms with van der Waals surface area (Å²) in [6.45, 7) is 5.02. The smallest absolute Gasteiger partial charge is 0.223 e. The van der Waals surface area contributed by atoms with Gasteiger partial charge in [-0.3, -0.25) is 9.69 Å². The number of aromatic nitrogens is 2. The monoisotopic (exact) mass is 387 g/mol. The molecule has 0 bridgehead atoms. The second-order valence-corrected chi connectivity index (χ2v) is 7.13. The van der Waals surface area contributed by atoms with Crippen molar-refractivity contribution in [1.82, 2.24) is 20.4 Å². The van der Waals surface area contributed by atoms with E-state index in [9.17, 15) is 4.79 Å². The van der Waals surface area contributed by atoms with Crippen LogP contribution in [0.4, 0.5) is 0 Å². The third-order valence-corrected chi connectivity index (χ3v) is 4.90. The molecule has 2 aromatic rings. The number of carbonyl (C=O) groups is 1. The van der Waals surface area contributed by atoms with E-state index in [1.807, 2.05) is 12.1 Å². The molecule has 152 valence electrons. The number of benzene rings is 1. The Labute approximate surface area is 165 Å². The predicted molar refractivity (Wildman–Crippen MR) is 105 cm³/mol. The van der Waals surface area contributed by atoms with Crippen molar-refractivity contribution in [3.8, 4) is 5.75 Å². The molecule has 1 aromatic heterocycles. The first-order valence-electron chi connectivity index (χ1n) is 9.86. The summed E-state index contributed by atoms with van der Waals surface area (Å²) < 4.78 is 10.6. The van der Waals surface area contributed by atoms with Gasteiger partial charge in [0.1, 0.15) is 5.75 Å². The van der Waals surface area contributed by atoms with Gasteiger partial charge in [0.25, 0.3) is 0 Å². The average Bonchev–Trinajstić information content (AvgIpc) is 3.12. The number of piperidine rings is 1. The summed E-state index contributed by atoms with van der Waals surface area (Å²) in [7, 11) is 0. The lowest BCUT2D eigenvalue weighted by atomic mass is 10.0. The molecule has 28 heavy (non-hydrogen) atoms. The minimum absolute atomic E-state index is 0.0336. The number of likely N-dealkylation sites (tertiary alicyclic amines) is 1. The van der Waals surface area contributed by atoms with Crippen LogP contribution in [-0.4, -0.2) is 46.6 Å². The fourth-order valence-corrected chi connectivity index (χ4v) is 3.42. The standard InChI is InChI=1S/C20H29N5O3/c1-15-23-19(24-28-15)14-27-18-7-5-16(6-8-18)13-25-11-3-2-4-17(25)12-22-20(26)9-10-21/h5-8,17H,2-4,9-14,21H2,1H3,(H,22,26). The lowest BCUT2D eigenvalue weighted by Crippen LogP contribution is -2.46. The molecule has 3 N–H and O–H groups in total. The van der Waals surface area contributed by atoms with Crippen molar-refractivity contribution < 1.29 is 14.1 Å². The molecule has 8 nitrogen and oxygen atoms in total. The first-order valence-corrected chi connectivity index (χ1v) is 9.86. The van der Waals surface area contributed by atoms with Gasteiger partial charge in [0.15, 0.2) is 6.61 Å². The van der Waals surface area contributed by atoms with Crippen molar-refractivity contribution in [2.75, 3.05) is 19.6 Å². The molecule has 0 radical (unpaired) electrons. The Morgan fingerprint density at radius 1 is 1.36 bits per heavy atom. The first-order chi connectivity index (χ1) is 13.6. The number of rotatable bonds is 9. The van der Waals surface area contributed by atoms with Crippen LogP contribution < -0.4 is 15.8 Å². The normalized spacial score (nSPS) is 17.4. The Kier molecular flexibility index (Phi) is 7.39. The fraction of sp³-hybridized carbons (Fsp3) is 0.550. The zero-order valence-corrected chi connectivity index (χ0v) is 16.4. The quantitative estimate of drug-likeness (QED) is 0.675. The number of hydrogen-bond donors (Lipinski definition) is 2. The highest BCUT2D eigenvalue weighted by atomic mass is 16.5. The molecule has 1 aliphatic heterocycles. The van der Waals surface area contributed by atoms with Crippen LogP contribution >= 0.6 is 0 Å². The Balaban J connectivity index is 1.50. The number of aryl methyl sites for hydroxylation is 1. The van der Waals surface area contributed by atoms with Gasteiger partial charge in [-0.25, -0.2) is 0 Å². The second kappa shape index (κ2) is 10.2. The molecule has 1 saturated heterocycles. The molecule has 1 fully saturated rings. The summed E-state index contributed by atoms with van der Waals surface area (Å²) in [5.41, 5.74) is 6.67. The van der Waals surface area contributed by atoms with Crippen LogP contribution in [-0.2, 0) is 17.9 Å². The van der Waals surface area contributed by atoms with Crippen molar-refractivity contribution in [2.45, 2.75) is 51.8 Å². The number of nitrogens with zero attached hydrogens (tertiary/aromatic N) is 3. The maximum absolute atomic E-state index is 11.7. The van der Waals surface area contributed by atoms with Gasteiger partial charge in [-0.2, -0.15) is 4.98 Å². The Morgan fingerprint density at radius 3 is 2.89 bits per heavy atom. The molecule has 0 aliphatic carbocycles. The van der Waals surface area contributed by atoms with E-state index in [1.54, 1.807) is 6.92 Å². The Hall–Kier alpha value is -2.45. The molecule has 1 aliphatic rings. The molecule has 1 amide bonds. The van der Waals surface area contributed by atoms with Crippen LogP contribution in [0.25, 0.3) is 0 Å². The largest absolute Gasteiger partial charge is 0.485 e. The lowest BCUT2D eigenvalue weighted by molar-refractivity contribution is -0.121. The predicted octanol–water partition coefficient (Wildman–Crippen LogP) is 1.78. The topological polar surface area (TPSA) is 107 Å². The molecule has 8 heteroatoms. The van der Waals surface area contributed by atoms with E-state index in [0.717, 1.165) is 25.3 Å². The van der Waals surface area contributed by atoms with E-state index in [2.05, 4.69) is 32.5 Å². The van der Waals surface area contributed by atoms with Crippen LogP contribution in [0, 0.1) is 6.92 Å². The van der Waals surface area contributed by atoms with E-state index >= 15 is 0 Å². The van der Waals surface area contributed by atoms with Crippen molar-refractivity contribution >= 4 is 5.91 Å². The van der Waals surface area contributed by atoms with Gasteiger partial charge < -0.3 is 20.3 Å².